The Balaban J connectivity index is 1.74. The van der Waals surface area contributed by atoms with Crippen molar-refractivity contribution in [2.45, 2.75) is 48.9 Å². The Morgan fingerprint density at radius 1 is 1.14 bits per heavy atom. The number of halogens is 3. The van der Waals surface area contributed by atoms with Gasteiger partial charge in [0, 0.05) is 23.8 Å². The number of hydrogen-bond acceptors (Lipinski definition) is 7. The van der Waals surface area contributed by atoms with Crippen LogP contribution in [0.25, 0.3) is 0 Å². The molecule has 3 atom stereocenters. The third kappa shape index (κ3) is 4.51. The molecule has 2 aromatic rings. The first-order chi connectivity index (χ1) is 17.6. The van der Waals surface area contributed by atoms with Gasteiger partial charge >= 0.3 is 12.1 Å². The number of ether oxygens (including phenoxy) is 1. The van der Waals surface area contributed by atoms with Crippen molar-refractivity contribution in [3.63, 3.8) is 0 Å². The standard InChI is InChI=1S/C26H24F3N3O4S/c1-15(26(27,28)29)30-14-32(31-12-11-20(34)24(36-16(2)33)23(31)25(30)35)22-18-8-4-3-7-17(18)13-37-21-10-6-5-9-19(21)22/h3-12,15,20,22,34H,13-14H2,1-2H3/t15-,20?,22-/m1/s1. The van der Waals surface area contributed by atoms with Crippen LogP contribution in [0, 0.1) is 0 Å². The van der Waals surface area contributed by atoms with E-state index in [1.54, 1.807) is 16.8 Å². The van der Waals surface area contributed by atoms with Crippen molar-refractivity contribution >= 4 is 23.6 Å². The molecule has 3 aliphatic rings. The molecule has 1 unspecified atom stereocenters. The summed E-state index contributed by atoms with van der Waals surface area (Å²) in [5, 5.41) is 13.6. The zero-order valence-corrected chi connectivity index (χ0v) is 20.8. The molecule has 7 nitrogen and oxygen atoms in total. The zero-order chi connectivity index (χ0) is 26.5. The topological polar surface area (TPSA) is 73.3 Å². The van der Waals surface area contributed by atoms with Crippen molar-refractivity contribution in [2.24, 2.45) is 0 Å². The number of rotatable bonds is 3. The van der Waals surface area contributed by atoms with E-state index in [1.165, 1.54) is 17.3 Å². The summed E-state index contributed by atoms with van der Waals surface area (Å²) in [7, 11) is 0. The quantitative estimate of drug-likeness (QED) is 0.592. The Bertz CT molecular complexity index is 1260. The molecule has 11 heteroatoms. The van der Waals surface area contributed by atoms with E-state index in [0.717, 1.165) is 35.4 Å². The molecule has 0 aromatic heterocycles. The molecule has 2 aromatic carbocycles. The molecule has 5 rings (SSSR count). The average Bonchev–Trinajstić information content (AvgIpc) is 3.02. The lowest BCUT2D eigenvalue weighted by Gasteiger charge is -2.50. The lowest BCUT2D eigenvalue weighted by Crippen LogP contribution is -2.62. The third-order valence-electron chi connectivity index (χ3n) is 6.62. The lowest BCUT2D eigenvalue weighted by molar-refractivity contribution is -0.204. The minimum atomic E-state index is -4.70. The third-order valence-corrected chi connectivity index (χ3v) is 7.76. The van der Waals surface area contributed by atoms with Crippen LogP contribution in [-0.4, -0.2) is 56.9 Å². The van der Waals surface area contributed by atoms with Gasteiger partial charge in [0.2, 0.25) is 0 Å². The summed E-state index contributed by atoms with van der Waals surface area (Å²) in [6.45, 7) is 1.62. The fourth-order valence-corrected chi connectivity index (χ4v) is 5.87. The zero-order valence-electron chi connectivity index (χ0n) is 20.0. The van der Waals surface area contributed by atoms with E-state index in [0.29, 0.717) is 10.7 Å². The van der Waals surface area contributed by atoms with Gasteiger partial charge in [0.25, 0.3) is 5.91 Å². The fourth-order valence-electron chi connectivity index (χ4n) is 4.78. The number of carbonyl (C=O) groups excluding carboxylic acids is 2. The fraction of sp³-hybridized carbons (Fsp3) is 0.308. The van der Waals surface area contributed by atoms with Crippen molar-refractivity contribution in [3.8, 4) is 0 Å². The van der Waals surface area contributed by atoms with Gasteiger partial charge < -0.3 is 14.7 Å². The molecule has 0 bridgehead atoms. The van der Waals surface area contributed by atoms with Crippen LogP contribution in [0.4, 0.5) is 13.2 Å². The average molecular weight is 532 g/mol. The Hall–Kier alpha value is -3.28. The van der Waals surface area contributed by atoms with Crippen molar-refractivity contribution < 1.29 is 32.6 Å². The first-order valence-corrected chi connectivity index (χ1v) is 12.6. The molecule has 3 heterocycles. The highest BCUT2D eigenvalue weighted by Crippen LogP contribution is 2.45. The van der Waals surface area contributed by atoms with Gasteiger partial charge in [0.05, 0.1) is 12.7 Å². The lowest BCUT2D eigenvalue weighted by atomic mass is 9.94. The molecule has 0 spiro atoms. The summed E-state index contributed by atoms with van der Waals surface area (Å²) >= 11 is 1.63. The van der Waals surface area contributed by atoms with Crippen molar-refractivity contribution in [1.82, 2.24) is 14.9 Å². The van der Waals surface area contributed by atoms with Gasteiger partial charge in [-0.15, -0.1) is 11.8 Å². The van der Waals surface area contributed by atoms with E-state index < -0.39 is 48.7 Å². The number of benzene rings is 2. The molecule has 0 aliphatic carbocycles. The van der Waals surface area contributed by atoms with Crippen molar-refractivity contribution in [1.29, 1.82) is 0 Å². The van der Waals surface area contributed by atoms with Gasteiger partial charge in [-0.3, -0.25) is 14.6 Å². The molecule has 1 N–H and O–H groups in total. The first-order valence-electron chi connectivity index (χ1n) is 11.6. The Morgan fingerprint density at radius 2 is 1.81 bits per heavy atom. The molecule has 1 saturated heterocycles. The maximum atomic E-state index is 13.9. The van der Waals surface area contributed by atoms with Crippen LogP contribution in [0.3, 0.4) is 0 Å². The van der Waals surface area contributed by atoms with E-state index in [-0.39, 0.29) is 5.70 Å². The number of aliphatic hydroxyl groups excluding tert-OH is 1. The number of hydrogen-bond donors (Lipinski definition) is 1. The summed E-state index contributed by atoms with van der Waals surface area (Å²) in [6.07, 6.45) is -3.42. The van der Waals surface area contributed by atoms with E-state index in [4.69, 9.17) is 4.74 Å². The van der Waals surface area contributed by atoms with Crippen LogP contribution in [-0.2, 0) is 20.1 Å². The number of fused-ring (bicyclic) bond motifs is 3. The largest absolute Gasteiger partial charge is 0.426 e. The molecule has 194 valence electrons. The monoisotopic (exact) mass is 531 g/mol. The molecular formula is C26H24F3N3O4S. The molecular weight excluding hydrogens is 507 g/mol. The molecule has 0 radical (unpaired) electrons. The van der Waals surface area contributed by atoms with Gasteiger partial charge in [-0.05, 0) is 35.8 Å². The Morgan fingerprint density at radius 3 is 2.51 bits per heavy atom. The van der Waals surface area contributed by atoms with E-state index in [2.05, 4.69) is 0 Å². The predicted molar refractivity (Wildman–Crippen MR) is 129 cm³/mol. The summed E-state index contributed by atoms with van der Waals surface area (Å²) in [5.41, 5.74) is 2.41. The number of aliphatic hydroxyl groups is 1. The second kappa shape index (κ2) is 9.55. The summed E-state index contributed by atoms with van der Waals surface area (Å²) in [6, 6.07) is 12.6. The van der Waals surface area contributed by atoms with Crippen molar-refractivity contribution in [2.75, 3.05) is 6.67 Å². The van der Waals surface area contributed by atoms with Crippen LogP contribution in [0.1, 0.15) is 36.6 Å². The molecule has 37 heavy (non-hydrogen) atoms. The SMILES string of the molecule is CC(=O)OC1=C2C(=O)N([C@H](C)C(F)(F)F)CN([C@@H]3c4ccccc4CSc4ccccc43)N2C=CC1O. The highest BCUT2D eigenvalue weighted by molar-refractivity contribution is 7.98. The maximum absolute atomic E-state index is 13.9. The predicted octanol–water partition coefficient (Wildman–Crippen LogP) is 4.31. The normalized spacial score (nSPS) is 22.7. The molecule has 0 saturated carbocycles. The number of alkyl halides is 3. The number of hydrazine groups is 1. The van der Waals surface area contributed by atoms with E-state index >= 15 is 0 Å². The maximum Gasteiger partial charge on any atom is 0.408 e. The van der Waals surface area contributed by atoms with Gasteiger partial charge in [-0.25, -0.2) is 0 Å². The number of thioether (sulfide) groups is 1. The van der Waals surface area contributed by atoms with Crippen LogP contribution in [0.5, 0.6) is 0 Å². The Kier molecular flexibility index (Phi) is 6.55. The summed E-state index contributed by atoms with van der Waals surface area (Å²) in [5.74, 6) is -1.55. The molecule has 1 amide bonds. The minimum absolute atomic E-state index is 0.334. The van der Waals surface area contributed by atoms with Gasteiger partial charge in [0.15, 0.2) is 11.5 Å². The second-order valence-electron chi connectivity index (χ2n) is 8.94. The smallest absolute Gasteiger partial charge is 0.408 e. The number of carbonyl (C=O) groups is 2. The van der Waals surface area contributed by atoms with Crippen molar-refractivity contribution in [3.05, 3.63) is 89.0 Å². The highest BCUT2D eigenvalue weighted by Gasteiger charge is 2.50. The van der Waals surface area contributed by atoms with E-state index in [9.17, 15) is 27.9 Å². The minimum Gasteiger partial charge on any atom is -0.426 e. The van der Waals surface area contributed by atoms with E-state index in [1.807, 2.05) is 48.5 Å². The number of nitrogens with zero attached hydrogens (tertiary/aromatic N) is 3. The number of esters is 1. The van der Waals surface area contributed by atoms with Crippen LogP contribution in [0.15, 0.2) is 77.2 Å². The first kappa shape index (κ1) is 25.4. The van der Waals surface area contributed by atoms with Crippen LogP contribution >= 0.6 is 11.8 Å². The second-order valence-corrected chi connectivity index (χ2v) is 9.96. The van der Waals surface area contributed by atoms with Crippen LogP contribution < -0.4 is 0 Å². The van der Waals surface area contributed by atoms with Gasteiger partial charge in [-0.2, -0.15) is 18.2 Å². The van der Waals surface area contributed by atoms with Gasteiger partial charge in [0.1, 0.15) is 12.1 Å². The summed E-state index contributed by atoms with van der Waals surface area (Å²) < 4.78 is 47.0. The highest BCUT2D eigenvalue weighted by atomic mass is 32.2. The summed E-state index contributed by atoms with van der Waals surface area (Å²) in [4.78, 5) is 27.0. The number of amides is 1. The van der Waals surface area contributed by atoms with Crippen LogP contribution in [0.2, 0.25) is 0 Å². The van der Waals surface area contributed by atoms with Gasteiger partial charge in [-0.1, -0.05) is 42.5 Å². The molecule has 3 aliphatic heterocycles. The molecule has 1 fully saturated rings. The Labute approximate surface area is 215 Å².